The van der Waals surface area contributed by atoms with Gasteiger partial charge < -0.3 is 15.0 Å². The molecule has 1 aliphatic rings. The molecule has 1 amide bonds. The monoisotopic (exact) mass is 392 g/mol. The number of fused-ring (bicyclic) bond motifs is 1. The summed E-state index contributed by atoms with van der Waals surface area (Å²) in [6, 6.07) is 23.1. The first-order chi connectivity index (χ1) is 13.7. The molecule has 1 N–H and O–H groups in total. The average molecular weight is 393 g/mol. The van der Waals surface area contributed by atoms with E-state index in [2.05, 4.69) is 5.32 Å². The van der Waals surface area contributed by atoms with Crippen LogP contribution in [0.5, 0.6) is 5.75 Å². The maximum atomic E-state index is 13.1. The van der Waals surface area contributed by atoms with Crippen LogP contribution in [0.1, 0.15) is 34.6 Å². The summed E-state index contributed by atoms with van der Waals surface area (Å²) in [5, 5.41) is 4.16. The number of para-hydroxylation sites is 2. The Labute approximate surface area is 169 Å². The van der Waals surface area contributed by atoms with Gasteiger partial charge in [0, 0.05) is 22.7 Å². The van der Waals surface area contributed by atoms with Gasteiger partial charge in [-0.2, -0.15) is 0 Å². The number of carbonyl (C=O) groups is 1. The van der Waals surface area contributed by atoms with E-state index in [-0.39, 0.29) is 12.1 Å². The van der Waals surface area contributed by atoms with Gasteiger partial charge in [0.25, 0.3) is 5.91 Å². The lowest BCUT2D eigenvalue weighted by atomic mass is 10.1. The van der Waals surface area contributed by atoms with Crippen molar-refractivity contribution >= 4 is 23.2 Å². The van der Waals surface area contributed by atoms with E-state index >= 15 is 0 Å². The molecule has 1 heterocycles. The molecule has 5 heteroatoms. The zero-order chi connectivity index (χ0) is 19.5. The summed E-state index contributed by atoms with van der Waals surface area (Å²) in [6.45, 7) is 2.94. The number of benzene rings is 3. The van der Waals surface area contributed by atoms with Gasteiger partial charge in [-0.25, -0.2) is 0 Å². The molecule has 0 radical (unpaired) electrons. The van der Waals surface area contributed by atoms with E-state index in [1.807, 2.05) is 84.6 Å². The Hall–Kier alpha value is -2.98. The highest BCUT2D eigenvalue weighted by molar-refractivity contribution is 6.31. The van der Waals surface area contributed by atoms with Gasteiger partial charge >= 0.3 is 0 Å². The first-order valence-corrected chi connectivity index (χ1v) is 9.68. The predicted octanol–water partition coefficient (Wildman–Crippen LogP) is 5.51. The summed E-state index contributed by atoms with van der Waals surface area (Å²) in [7, 11) is 0. The quantitative estimate of drug-likeness (QED) is 0.601. The van der Waals surface area contributed by atoms with Crippen molar-refractivity contribution in [2.75, 3.05) is 11.9 Å². The standard InChI is InChI=1S/C23H21ClN2O2/c1-2-28-21-14-8-7-13-20(21)25-22-17-10-4-5-11-18(17)23(27)26(22)15-16-9-3-6-12-19(16)24/h3-14,22,25H,2,15H2,1H3/t22-/m0/s1. The van der Waals surface area contributed by atoms with E-state index in [0.29, 0.717) is 23.7 Å². The lowest BCUT2D eigenvalue weighted by Gasteiger charge is -2.28. The van der Waals surface area contributed by atoms with Crippen LogP contribution in [0.25, 0.3) is 0 Å². The molecular weight excluding hydrogens is 372 g/mol. The summed E-state index contributed by atoms with van der Waals surface area (Å²) >= 11 is 6.36. The van der Waals surface area contributed by atoms with E-state index in [9.17, 15) is 4.79 Å². The molecule has 4 nitrogen and oxygen atoms in total. The van der Waals surface area contributed by atoms with Crippen molar-refractivity contribution in [3.05, 3.63) is 94.5 Å². The number of anilines is 1. The molecule has 28 heavy (non-hydrogen) atoms. The second-order valence-corrected chi connectivity index (χ2v) is 6.99. The molecule has 4 rings (SSSR count). The fourth-order valence-electron chi connectivity index (χ4n) is 3.51. The molecule has 0 fully saturated rings. The normalized spacial score (nSPS) is 15.4. The summed E-state index contributed by atoms with van der Waals surface area (Å²) < 4.78 is 5.75. The lowest BCUT2D eigenvalue weighted by Crippen LogP contribution is -2.32. The molecule has 0 unspecified atom stereocenters. The van der Waals surface area contributed by atoms with E-state index < -0.39 is 0 Å². The van der Waals surface area contributed by atoms with Crippen LogP contribution in [0.4, 0.5) is 5.69 Å². The van der Waals surface area contributed by atoms with Crippen LogP contribution in [-0.4, -0.2) is 17.4 Å². The number of halogens is 1. The van der Waals surface area contributed by atoms with E-state index in [1.165, 1.54) is 0 Å². The van der Waals surface area contributed by atoms with Crippen molar-refractivity contribution in [2.45, 2.75) is 19.6 Å². The first kappa shape index (κ1) is 18.4. The highest BCUT2D eigenvalue weighted by atomic mass is 35.5. The van der Waals surface area contributed by atoms with Crippen LogP contribution in [0, 0.1) is 0 Å². The van der Waals surface area contributed by atoms with Gasteiger partial charge in [0.05, 0.1) is 12.3 Å². The Kier molecular flexibility index (Phi) is 5.22. The summed E-state index contributed by atoms with van der Waals surface area (Å²) in [6.07, 6.45) is -0.304. The SMILES string of the molecule is CCOc1ccccc1N[C@@H]1c2ccccc2C(=O)N1Cc1ccccc1Cl. The van der Waals surface area contributed by atoms with Crippen molar-refractivity contribution in [3.8, 4) is 5.75 Å². The van der Waals surface area contributed by atoms with Gasteiger partial charge in [-0.05, 0) is 36.8 Å². The minimum absolute atomic E-state index is 0.0121. The Bertz CT molecular complexity index is 1010. The molecule has 3 aromatic carbocycles. The Balaban J connectivity index is 1.71. The number of hydrogen-bond acceptors (Lipinski definition) is 3. The third kappa shape index (κ3) is 3.43. The van der Waals surface area contributed by atoms with Gasteiger partial charge in [-0.15, -0.1) is 0 Å². The van der Waals surface area contributed by atoms with Gasteiger partial charge in [-0.1, -0.05) is 60.1 Å². The van der Waals surface area contributed by atoms with Crippen molar-refractivity contribution in [1.29, 1.82) is 0 Å². The molecule has 1 atom stereocenters. The number of carbonyl (C=O) groups excluding carboxylic acids is 1. The van der Waals surface area contributed by atoms with E-state index in [0.717, 1.165) is 22.6 Å². The maximum absolute atomic E-state index is 13.1. The third-order valence-electron chi connectivity index (χ3n) is 4.84. The van der Waals surface area contributed by atoms with Crippen molar-refractivity contribution in [2.24, 2.45) is 0 Å². The molecule has 3 aromatic rings. The second kappa shape index (κ2) is 7.95. The molecular formula is C23H21ClN2O2. The fraction of sp³-hybridized carbons (Fsp3) is 0.174. The zero-order valence-corrected chi connectivity index (χ0v) is 16.3. The highest BCUT2D eigenvalue weighted by Crippen LogP contribution is 2.38. The van der Waals surface area contributed by atoms with Gasteiger partial charge in [0.15, 0.2) is 0 Å². The maximum Gasteiger partial charge on any atom is 0.256 e. The number of hydrogen-bond donors (Lipinski definition) is 1. The Morgan fingerprint density at radius 2 is 1.71 bits per heavy atom. The van der Waals surface area contributed by atoms with Crippen molar-refractivity contribution in [1.82, 2.24) is 4.90 Å². The Morgan fingerprint density at radius 3 is 2.54 bits per heavy atom. The number of rotatable bonds is 6. The van der Waals surface area contributed by atoms with Crippen LogP contribution >= 0.6 is 11.6 Å². The minimum atomic E-state index is -0.304. The average Bonchev–Trinajstić information content (AvgIpc) is 2.97. The summed E-state index contributed by atoms with van der Waals surface area (Å²) in [5.41, 5.74) is 3.42. The molecule has 0 aliphatic carbocycles. The largest absolute Gasteiger partial charge is 0.492 e. The predicted molar refractivity (Wildman–Crippen MR) is 112 cm³/mol. The highest BCUT2D eigenvalue weighted by Gasteiger charge is 2.37. The first-order valence-electron chi connectivity index (χ1n) is 9.30. The van der Waals surface area contributed by atoms with Crippen LogP contribution < -0.4 is 10.1 Å². The van der Waals surface area contributed by atoms with E-state index in [1.54, 1.807) is 0 Å². The Morgan fingerprint density at radius 1 is 1.00 bits per heavy atom. The third-order valence-corrected chi connectivity index (χ3v) is 5.20. The van der Waals surface area contributed by atoms with E-state index in [4.69, 9.17) is 16.3 Å². The van der Waals surface area contributed by atoms with Crippen LogP contribution in [0.3, 0.4) is 0 Å². The number of nitrogens with one attached hydrogen (secondary N) is 1. The molecule has 1 aliphatic heterocycles. The molecule has 0 spiro atoms. The molecule has 0 saturated heterocycles. The van der Waals surface area contributed by atoms with Crippen LogP contribution in [0.15, 0.2) is 72.8 Å². The van der Waals surface area contributed by atoms with Crippen molar-refractivity contribution < 1.29 is 9.53 Å². The molecule has 142 valence electrons. The molecule has 0 bridgehead atoms. The second-order valence-electron chi connectivity index (χ2n) is 6.59. The fourth-order valence-corrected chi connectivity index (χ4v) is 3.71. The molecule has 0 saturated carbocycles. The number of amides is 1. The van der Waals surface area contributed by atoms with Crippen LogP contribution in [-0.2, 0) is 6.54 Å². The van der Waals surface area contributed by atoms with Gasteiger partial charge in [0.1, 0.15) is 11.9 Å². The summed E-state index contributed by atoms with van der Waals surface area (Å²) in [5.74, 6) is 0.751. The number of ether oxygens (including phenoxy) is 1. The zero-order valence-electron chi connectivity index (χ0n) is 15.6. The van der Waals surface area contributed by atoms with Gasteiger partial charge in [-0.3, -0.25) is 4.79 Å². The van der Waals surface area contributed by atoms with Gasteiger partial charge in [0.2, 0.25) is 0 Å². The van der Waals surface area contributed by atoms with Crippen molar-refractivity contribution in [3.63, 3.8) is 0 Å². The lowest BCUT2D eigenvalue weighted by molar-refractivity contribution is 0.0728. The summed E-state index contributed by atoms with van der Waals surface area (Å²) in [4.78, 5) is 14.9. The number of nitrogens with zero attached hydrogens (tertiary/aromatic N) is 1. The smallest absolute Gasteiger partial charge is 0.256 e. The topological polar surface area (TPSA) is 41.6 Å². The minimum Gasteiger partial charge on any atom is -0.492 e. The van der Waals surface area contributed by atoms with Crippen LogP contribution in [0.2, 0.25) is 5.02 Å². The molecule has 0 aromatic heterocycles.